The monoisotopic (exact) mass is 389 g/mol. The van der Waals surface area contributed by atoms with Crippen molar-refractivity contribution in [1.29, 1.82) is 0 Å². The summed E-state index contributed by atoms with van der Waals surface area (Å²) in [5.41, 5.74) is 3.83. The molecule has 1 saturated heterocycles. The molecule has 4 nitrogen and oxygen atoms in total. The van der Waals surface area contributed by atoms with Gasteiger partial charge in [0.2, 0.25) is 5.91 Å². The molecule has 3 aromatic rings. The fraction of sp³-hybridized carbons (Fsp3) is 0.208. The van der Waals surface area contributed by atoms with Crippen molar-refractivity contribution in [2.75, 3.05) is 41.3 Å². The molecule has 0 aliphatic carbocycles. The number of halogens is 1. The number of piperazine rings is 1. The van der Waals surface area contributed by atoms with E-state index in [0.29, 0.717) is 5.56 Å². The molecule has 0 aromatic heterocycles. The summed E-state index contributed by atoms with van der Waals surface area (Å²) >= 11 is 0. The average molecular weight is 389 g/mol. The van der Waals surface area contributed by atoms with E-state index in [9.17, 15) is 9.18 Å². The van der Waals surface area contributed by atoms with Crippen molar-refractivity contribution in [3.05, 3.63) is 90.2 Å². The lowest BCUT2D eigenvalue weighted by Crippen LogP contribution is -2.46. The van der Waals surface area contributed by atoms with E-state index in [1.54, 1.807) is 12.1 Å². The minimum absolute atomic E-state index is 0.153. The minimum Gasteiger partial charge on any atom is -0.368 e. The molecule has 3 aromatic carbocycles. The third kappa shape index (κ3) is 4.93. The minimum atomic E-state index is -0.327. The number of hydrogen-bond acceptors (Lipinski definition) is 3. The summed E-state index contributed by atoms with van der Waals surface area (Å²) in [6.45, 7) is 3.88. The molecule has 1 aliphatic rings. The molecule has 0 spiro atoms. The molecule has 29 heavy (non-hydrogen) atoms. The van der Waals surface area contributed by atoms with Crippen LogP contribution in [0.2, 0.25) is 0 Å². The van der Waals surface area contributed by atoms with Crippen molar-refractivity contribution in [2.24, 2.45) is 0 Å². The smallest absolute Gasteiger partial charge is 0.228 e. The average Bonchev–Trinajstić information content (AvgIpc) is 2.75. The lowest BCUT2D eigenvalue weighted by Gasteiger charge is -2.37. The van der Waals surface area contributed by atoms with Crippen molar-refractivity contribution < 1.29 is 9.18 Å². The molecule has 0 bridgehead atoms. The second-order valence-corrected chi connectivity index (χ2v) is 7.21. The van der Waals surface area contributed by atoms with E-state index < -0.39 is 0 Å². The SMILES string of the molecule is O=C(Cc1cccc(F)c1)Nc1ccc(N2CCN(c3ccccc3)CC2)cc1. The summed E-state index contributed by atoms with van der Waals surface area (Å²) in [7, 11) is 0. The molecule has 4 rings (SSSR count). The van der Waals surface area contributed by atoms with Gasteiger partial charge in [0.15, 0.2) is 0 Å². The maximum atomic E-state index is 13.2. The molecule has 1 amide bonds. The Labute approximate surface area is 170 Å². The standard InChI is InChI=1S/C24H24FN3O/c25-20-6-4-5-19(17-20)18-24(29)26-21-9-11-23(12-10-21)28-15-13-27(14-16-28)22-7-2-1-3-8-22/h1-12,17H,13-16,18H2,(H,26,29). The summed E-state index contributed by atoms with van der Waals surface area (Å²) in [5, 5.41) is 2.88. The van der Waals surface area contributed by atoms with Crippen molar-refractivity contribution in [3.63, 3.8) is 0 Å². The quantitative estimate of drug-likeness (QED) is 0.705. The van der Waals surface area contributed by atoms with Crippen LogP contribution in [0, 0.1) is 5.82 Å². The summed E-state index contributed by atoms with van der Waals surface area (Å²) in [5.74, 6) is -0.480. The molecule has 0 unspecified atom stereocenters. The first kappa shape index (κ1) is 19.0. The Kier molecular flexibility index (Phi) is 5.75. The van der Waals surface area contributed by atoms with Gasteiger partial charge < -0.3 is 15.1 Å². The fourth-order valence-electron chi connectivity index (χ4n) is 3.65. The molecule has 1 heterocycles. The van der Waals surface area contributed by atoms with Gasteiger partial charge in [-0.1, -0.05) is 30.3 Å². The predicted molar refractivity (Wildman–Crippen MR) is 116 cm³/mol. The summed E-state index contributed by atoms with van der Waals surface area (Å²) in [6, 6.07) is 24.5. The molecular formula is C24H24FN3O. The molecule has 1 aliphatic heterocycles. The molecule has 0 radical (unpaired) electrons. The first-order chi connectivity index (χ1) is 14.2. The Morgan fingerprint density at radius 1 is 0.793 bits per heavy atom. The van der Waals surface area contributed by atoms with E-state index in [-0.39, 0.29) is 18.1 Å². The number of carbonyl (C=O) groups excluding carboxylic acids is 1. The normalized spacial score (nSPS) is 14.0. The second-order valence-electron chi connectivity index (χ2n) is 7.21. The van der Waals surface area contributed by atoms with E-state index in [1.165, 1.54) is 17.8 Å². The lowest BCUT2D eigenvalue weighted by atomic mass is 10.1. The highest BCUT2D eigenvalue weighted by Gasteiger charge is 2.17. The van der Waals surface area contributed by atoms with E-state index in [1.807, 2.05) is 30.3 Å². The van der Waals surface area contributed by atoms with Gasteiger partial charge in [0.1, 0.15) is 5.82 Å². The number of benzene rings is 3. The summed E-state index contributed by atoms with van der Waals surface area (Å²) in [6.07, 6.45) is 0.154. The topological polar surface area (TPSA) is 35.6 Å². The van der Waals surface area contributed by atoms with Crippen molar-refractivity contribution >= 4 is 23.0 Å². The van der Waals surface area contributed by atoms with Crippen LogP contribution in [-0.2, 0) is 11.2 Å². The Balaban J connectivity index is 1.31. The number of para-hydroxylation sites is 1. The van der Waals surface area contributed by atoms with Gasteiger partial charge in [0, 0.05) is 43.2 Å². The van der Waals surface area contributed by atoms with Gasteiger partial charge in [0.25, 0.3) is 0 Å². The first-order valence-electron chi connectivity index (χ1n) is 9.87. The van der Waals surface area contributed by atoms with Crippen LogP contribution >= 0.6 is 0 Å². The number of carbonyl (C=O) groups is 1. The highest BCUT2D eigenvalue weighted by Crippen LogP contribution is 2.22. The van der Waals surface area contributed by atoms with E-state index in [4.69, 9.17) is 0 Å². The van der Waals surface area contributed by atoms with Crippen LogP contribution in [0.1, 0.15) is 5.56 Å². The number of hydrogen-bond donors (Lipinski definition) is 1. The number of nitrogens with one attached hydrogen (secondary N) is 1. The van der Waals surface area contributed by atoms with Crippen LogP contribution in [0.5, 0.6) is 0 Å². The van der Waals surface area contributed by atoms with Crippen LogP contribution in [0.3, 0.4) is 0 Å². The van der Waals surface area contributed by atoms with Crippen molar-refractivity contribution in [3.8, 4) is 0 Å². The Morgan fingerprint density at radius 2 is 1.41 bits per heavy atom. The molecule has 0 atom stereocenters. The van der Waals surface area contributed by atoms with E-state index in [2.05, 4.69) is 39.4 Å². The van der Waals surface area contributed by atoms with Gasteiger partial charge in [0.05, 0.1) is 6.42 Å². The number of nitrogens with zero attached hydrogens (tertiary/aromatic N) is 2. The maximum Gasteiger partial charge on any atom is 0.228 e. The summed E-state index contributed by atoms with van der Waals surface area (Å²) < 4.78 is 13.2. The highest BCUT2D eigenvalue weighted by atomic mass is 19.1. The van der Waals surface area contributed by atoms with E-state index >= 15 is 0 Å². The van der Waals surface area contributed by atoms with Crippen LogP contribution in [0.4, 0.5) is 21.5 Å². The summed E-state index contributed by atoms with van der Waals surface area (Å²) in [4.78, 5) is 17.0. The van der Waals surface area contributed by atoms with Gasteiger partial charge in [-0.05, 0) is 54.1 Å². The zero-order chi connectivity index (χ0) is 20.1. The van der Waals surface area contributed by atoms with Gasteiger partial charge in [-0.3, -0.25) is 4.79 Å². The Bertz CT molecular complexity index is 951. The second kappa shape index (κ2) is 8.78. The van der Waals surface area contributed by atoms with Gasteiger partial charge in [-0.15, -0.1) is 0 Å². The van der Waals surface area contributed by atoms with Crippen molar-refractivity contribution in [2.45, 2.75) is 6.42 Å². The first-order valence-corrected chi connectivity index (χ1v) is 9.87. The number of amides is 1. The van der Waals surface area contributed by atoms with Crippen LogP contribution in [0.15, 0.2) is 78.9 Å². The zero-order valence-corrected chi connectivity index (χ0v) is 16.2. The molecule has 0 saturated carbocycles. The lowest BCUT2D eigenvalue weighted by molar-refractivity contribution is -0.115. The van der Waals surface area contributed by atoms with Crippen LogP contribution < -0.4 is 15.1 Å². The molecule has 5 heteroatoms. The highest BCUT2D eigenvalue weighted by molar-refractivity contribution is 5.92. The van der Waals surface area contributed by atoms with E-state index in [0.717, 1.165) is 37.6 Å². The van der Waals surface area contributed by atoms with Gasteiger partial charge in [-0.2, -0.15) is 0 Å². The third-order valence-corrected chi connectivity index (χ3v) is 5.17. The molecule has 1 fully saturated rings. The maximum absolute atomic E-state index is 13.2. The van der Waals surface area contributed by atoms with Crippen LogP contribution in [0.25, 0.3) is 0 Å². The fourth-order valence-corrected chi connectivity index (χ4v) is 3.65. The zero-order valence-electron chi connectivity index (χ0n) is 16.2. The number of rotatable bonds is 5. The molecular weight excluding hydrogens is 365 g/mol. The van der Waals surface area contributed by atoms with Crippen LogP contribution in [-0.4, -0.2) is 32.1 Å². The Morgan fingerprint density at radius 3 is 2.03 bits per heavy atom. The molecule has 148 valence electrons. The Hall–Kier alpha value is -3.34. The number of anilines is 3. The van der Waals surface area contributed by atoms with Crippen molar-refractivity contribution in [1.82, 2.24) is 0 Å². The van der Waals surface area contributed by atoms with Gasteiger partial charge >= 0.3 is 0 Å². The third-order valence-electron chi connectivity index (χ3n) is 5.17. The largest absolute Gasteiger partial charge is 0.368 e. The predicted octanol–water partition coefficient (Wildman–Crippen LogP) is 4.33. The van der Waals surface area contributed by atoms with Gasteiger partial charge in [-0.25, -0.2) is 4.39 Å². The molecule has 1 N–H and O–H groups in total.